The molecule has 0 fully saturated rings. The lowest BCUT2D eigenvalue weighted by Crippen LogP contribution is -2.23. The number of hydrogen-bond donors (Lipinski definition) is 1. The number of anilines is 1. The minimum absolute atomic E-state index is 0.146. The van der Waals surface area contributed by atoms with E-state index in [9.17, 15) is 4.79 Å². The summed E-state index contributed by atoms with van der Waals surface area (Å²) in [5.41, 5.74) is 0.843. The van der Waals surface area contributed by atoms with Crippen molar-refractivity contribution in [3.05, 3.63) is 36.7 Å². The zero-order valence-electron chi connectivity index (χ0n) is 12.3. The number of thiazole rings is 1. The number of aromatic nitrogens is 3. The van der Waals surface area contributed by atoms with Gasteiger partial charge in [0, 0.05) is 12.4 Å². The molecule has 0 saturated heterocycles. The third-order valence-electron chi connectivity index (χ3n) is 3.20. The van der Waals surface area contributed by atoms with Crippen molar-refractivity contribution in [3.8, 4) is 5.75 Å². The van der Waals surface area contributed by atoms with Gasteiger partial charge in [-0.1, -0.05) is 11.3 Å². The zero-order chi connectivity index (χ0) is 15.5. The maximum atomic E-state index is 12.2. The predicted molar refractivity (Wildman–Crippen MR) is 86.4 cm³/mol. The van der Waals surface area contributed by atoms with Crippen LogP contribution in [0.15, 0.2) is 36.7 Å². The van der Waals surface area contributed by atoms with Crippen molar-refractivity contribution in [2.24, 2.45) is 0 Å². The van der Waals surface area contributed by atoms with Gasteiger partial charge in [-0.2, -0.15) is 5.10 Å². The van der Waals surface area contributed by atoms with E-state index in [0.717, 1.165) is 16.0 Å². The summed E-state index contributed by atoms with van der Waals surface area (Å²) < 4.78 is 8.06. The van der Waals surface area contributed by atoms with Crippen LogP contribution in [0.5, 0.6) is 5.75 Å². The number of carbonyl (C=O) groups is 1. The Labute approximate surface area is 131 Å². The fraction of sp³-hybridized carbons (Fsp3) is 0.267. The van der Waals surface area contributed by atoms with Crippen molar-refractivity contribution in [1.82, 2.24) is 14.8 Å². The van der Waals surface area contributed by atoms with Crippen molar-refractivity contribution in [3.63, 3.8) is 0 Å². The lowest BCUT2D eigenvalue weighted by molar-refractivity contribution is -0.119. The molecule has 7 heteroatoms. The Morgan fingerprint density at radius 2 is 2.36 bits per heavy atom. The molecule has 0 radical (unpaired) electrons. The Hall–Kier alpha value is -2.41. The smallest absolute Gasteiger partial charge is 0.250 e. The molecular formula is C15H16N4O2S. The van der Waals surface area contributed by atoms with E-state index in [1.807, 2.05) is 25.1 Å². The number of ether oxygens (including phenoxy) is 1. The largest absolute Gasteiger partial charge is 0.494 e. The van der Waals surface area contributed by atoms with Crippen LogP contribution in [0.1, 0.15) is 19.9 Å². The maximum Gasteiger partial charge on any atom is 0.250 e. The van der Waals surface area contributed by atoms with Crippen LogP contribution < -0.4 is 10.1 Å². The molecule has 1 unspecified atom stereocenters. The van der Waals surface area contributed by atoms with E-state index in [-0.39, 0.29) is 11.9 Å². The second kappa shape index (κ2) is 6.15. The van der Waals surface area contributed by atoms with Gasteiger partial charge in [0.2, 0.25) is 0 Å². The highest BCUT2D eigenvalue weighted by atomic mass is 32.1. The molecule has 0 aliphatic rings. The molecule has 22 heavy (non-hydrogen) atoms. The molecular weight excluding hydrogens is 300 g/mol. The zero-order valence-corrected chi connectivity index (χ0v) is 13.1. The molecule has 2 heterocycles. The number of nitrogens with one attached hydrogen (secondary N) is 1. The molecule has 3 aromatic rings. The Balaban J connectivity index is 1.77. The fourth-order valence-electron chi connectivity index (χ4n) is 2.05. The van der Waals surface area contributed by atoms with Gasteiger partial charge in [0.25, 0.3) is 5.91 Å². The van der Waals surface area contributed by atoms with E-state index in [1.165, 1.54) is 11.3 Å². The van der Waals surface area contributed by atoms with Crippen molar-refractivity contribution in [1.29, 1.82) is 0 Å². The molecule has 6 nitrogen and oxygen atoms in total. The van der Waals surface area contributed by atoms with E-state index < -0.39 is 0 Å². The van der Waals surface area contributed by atoms with Crippen LogP contribution in [0.25, 0.3) is 10.2 Å². The number of amides is 1. The molecule has 1 amide bonds. The number of carbonyl (C=O) groups excluding carboxylic acids is 1. The molecule has 1 aromatic carbocycles. The minimum Gasteiger partial charge on any atom is -0.494 e. The Bertz CT molecular complexity index is 782. The average Bonchev–Trinajstić information content (AvgIpc) is 3.15. The van der Waals surface area contributed by atoms with E-state index in [2.05, 4.69) is 15.4 Å². The van der Waals surface area contributed by atoms with Crippen LogP contribution in [0.2, 0.25) is 0 Å². The van der Waals surface area contributed by atoms with Gasteiger partial charge in [-0.05, 0) is 38.1 Å². The molecule has 2 aromatic heterocycles. The standard InChI is InChI=1S/C15H16N4O2S/c1-3-21-11-5-6-12-13(9-11)22-15(17-12)18-14(20)10(2)19-8-4-7-16-19/h4-10H,3H2,1-2H3,(H,17,18,20). The molecule has 0 spiro atoms. The second-order valence-electron chi connectivity index (χ2n) is 4.73. The first-order chi connectivity index (χ1) is 10.7. The van der Waals surface area contributed by atoms with Crippen LogP contribution in [0.3, 0.4) is 0 Å². The summed E-state index contributed by atoms with van der Waals surface area (Å²) in [7, 11) is 0. The summed E-state index contributed by atoms with van der Waals surface area (Å²) in [6.07, 6.45) is 3.41. The molecule has 0 bridgehead atoms. The quantitative estimate of drug-likeness (QED) is 0.785. The highest BCUT2D eigenvalue weighted by Gasteiger charge is 2.17. The van der Waals surface area contributed by atoms with Gasteiger partial charge in [0.05, 0.1) is 16.8 Å². The Morgan fingerprint density at radius 3 is 3.09 bits per heavy atom. The van der Waals surface area contributed by atoms with E-state index in [4.69, 9.17) is 4.74 Å². The molecule has 0 saturated carbocycles. The van der Waals surface area contributed by atoms with Crippen LogP contribution in [-0.2, 0) is 4.79 Å². The lowest BCUT2D eigenvalue weighted by Gasteiger charge is -2.10. The van der Waals surface area contributed by atoms with E-state index >= 15 is 0 Å². The normalized spacial score (nSPS) is 12.3. The summed E-state index contributed by atoms with van der Waals surface area (Å²) in [4.78, 5) is 16.6. The van der Waals surface area contributed by atoms with E-state index in [1.54, 1.807) is 30.1 Å². The third kappa shape index (κ3) is 2.94. The summed E-state index contributed by atoms with van der Waals surface area (Å²) in [6, 6.07) is 7.10. The summed E-state index contributed by atoms with van der Waals surface area (Å²) in [6.45, 7) is 4.36. The number of fused-ring (bicyclic) bond motifs is 1. The topological polar surface area (TPSA) is 69.0 Å². The number of hydrogen-bond acceptors (Lipinski definition) is 5. The van der Waals surface area contributed by atoms with Gasteiger partial charge in [0.1, 0.15) is 11.8 Å². The molecule has 1 atom stereocenters. The number of rotatable bonds is 5. The average molecular weight is 316 g/mol. The van der Waals surface area contributed by atoms with Gasteiger partial charge >= 0.3 is 0 Å². The SMILES string of the molecule is CCOc1ccc2nc(NC(=O)C(C)n3cccn3)sc2c1. The van der Waals surface area contributed by atoms with Crippen molar-refractivity contribution < 1.29 is 9.53 Å². The molecule has 0 aliphatic carbocycles. The van der Waals surface area contributed by atoms with Gasteiger partial charge < -0.3 is 10.1 Å². The monoisotopic (exact) mass is 316 g/mol. The predicted octanol–water partition coefficient (Wildman–Crippen LogP) is 3.09. The number of nitrogens with zero attached hydrogens (tertiary/aromatic N) is 3. The van der Waals surface area contributed by atoms with Crippen LogP contribution in [0.4, 0.5) is 5.13 Å². The molecule has 3 rings (SSSR count). The van der Waals surface area contributed by atoms with Crippen molar-refractivity contribution >= 4 is 32.6 Å². The first kappa shape index (κ1) is 14.5. The first-order valence-electron chi connectivity index (χ1n) is 7.00. The Morgan fingerprint density at radius 1 is 1.50 bits per heavy atom. The highest BCUT2D eigenvalue weighted by Crippen LogP contribution is 2.29. The summed E-state index contributed by atoms with van der Waals surface area (Å²) in [5, 5.41) is 7.49. The van der Waals surface area contributed by atoms with Gasteiger partial charge in [-0.3, -0.25) is 9.48 Å². The summed E-state index contributed by atoms with van der Waals surface area (Å²) >= 11 is 1.43. The molecule has 1 N–H and O–H groups in total. The van der Waals surface area contributed by atoms with Gasteiger partial charge in [-0.25, -0.2) is 4.98 Å². The van der Waals surface area contributed by atoms with Crippen molar-refractivity contribution in [2.45, 2.75) is 19.9 Å². The maximum absolute atomic E-state index is 12.2. The Kier molecular flexibility index (Phi) is 4.06. The second-order valence-corrected chi connectivity index (χ2v) is 5.76. The highest BCUT2D eigenvalue weighted by molar-refractivity contribution is 7.22. The minimum atomic E-state index is -0.388. The van der Waals surface area contributed by atoms with Gasteiger partial charge in [-0.15, -0.1) is 0 Å². The molecule has 114 valence electrons. The van der Waals surface area contributed by atoms with Crippen molar-refractivity contribution in [2.75, 3.05) is 11.9 Å². The number of benzene rings is 1. The first-order valence-corrected chi connectivity index (χ1v) is 7.82. The fourth-order valence-corrected chi connectivity index (χ4v) is 2.95. The molecule has 0 aliphatic heterocycles. The van der Waals surface area contributed by atoms with Gasteiger partial charge in [0.15, 0.2) is 5.13 Å². The summed E-state index contributed by atoms with van der Waals surface area (Å²) in [5.74, 6) is 0.661. The van der Waals surface area contributed by atoms with Crippen LogP contribution in [-0.4, -0.2) is 27.3 Å². The third-order valence-corrected chi connectivity index (χ3v) is 4.14. The van der Waals surface area contributed by atoms with E-state index in [0.29, 0.717) is 11.7 Å². The van der Waals surface area contributed by atoms with Crippen LogP contribution >= 0.6 is 11.3 Å². The lowest BCUT2D eigenvalue weighted by atomic mass is 10.3. The van der Waals surface area contributed by atoms with Crippen LogP contribution in [0, 0.1) is 0 Å².